The maximum absolute atomic E-state index is 11.6. The lowest BCUT2D eigenvalue weighted by atomic mass is 10.4. The van der Waals surface area contributed by atoms with Gasteiger partial charge in [0.2, 0.25) is 0 Å². The van der Waals surface area contributed by atoms with Crippen molar-refractivity contribution in [1.29, 1.82) is 0 Å². The number of rotatable bonds is 4. The molecule has 0 aromatic carbocycles. The van der Waals surface area contributed by atoms with E-state index >= 15 is 0 Å². The minimum atomic E-state index is -1.10. The van der Waals surface area contributed by atoms with Crippen LogP contribution >= 0.6 is 0 Å². The third-order valence-electron chi connectivity index (χ3n) is 2.12. The van der Waals surface area contributed by atoms with Crippen molar-refractivity contribution in [2.75, 3.05) is 0 Å². The summed E-state index contributed by atoms with van der Waals surface area (Å²) in [6.45, 7) is -0.822. The molecule has 0 radical (unpaired) electrons. The zero-order chi connectivity index (χ0) is 13.2. The molecule has 0 saturated heterocycles. The fourth-order valence-corrected chi connectivity index (χ4v) is 1.34. The third-order valence-corrected chi connectivity index (χ3v) is 2.12. The van der Waals surface area contributed by atoms with Crippen molar-refractivity contribution in [3.05, 3.63) is 31.5 Å². The van der Waals surface area contributed by atoms with Crippen LogP contribution in [0.5, 0.6) is 0 Å². The summed E-state index contributed by atoms with van der Waals surface area (Å²) >= 11 is 0. The Morgan fingerprint density at radius 3 is 1.59 bits per heavy atom. The Kier molecular flexibility index (Phi) is 3.99. The van der Waals surface area contributed by atoms with E-state index in [1.807, 2.05) is 0 Å². The molecule has 1 aromatic heterocycles. The molecule has 1 unspecified atom stereocenters. The number of aliphatic hydroxyl groups excluding tert-OH is 3. The Morgan fingerprint density at radius 2 is 1.29 bits per heavy atom. The summed E-state index contributed by atoms with van der Waals surface area (Å²) in [4.78, 5) is 34.7. The van der Waals surface area contributed by atoms with Gasteiger partial charge in [0.15, 0.2) is 0 Å². The highest BCUT2D eigenvalue weighted by Gasteiger charge is 2.15. The molecular formula is C8H13N3O6. The quantitative estimate of drug-likeness (QED) is 0.505. The summed E-state index contributed by atoms with van der Waals surface area (Å²) in [6, 6.07) is 0. The van der Waals surface area contributed by atoms with Crippen molar-refractivity contribution in [2.24, 2.45) is 0 Å². The maximum atomic E-state index is 11.6. The smallest absolute Gasteiger partial charge is 0.340 e. The second-order valence-corrected chi connectivity index (χ2v) is 3.45. The van der Waals surface area contributed by atoms with Crippen LogP contribution in [0.3, 0.4) is 0 Å². The first-order valence-electron chi connectivity index (χ1n) is 4.78. The van der Waals surface area contributed by atoms with Crippen molar-refractivity contribution in [1.82, 2.24) is 13.7 Å². The van der Waals surface area contributed by atoms with Crippen LogP contribution in [0.15, 0.2) is 14.4 Å². The van der Waals surface area contributed by atoms with E-state index in [9.17, 15) is 14.4 Å². The zero-order valence-corrected chi connectivity index (χ0v) is 9.11. The number of aromatic nitrogens is 3. The molecule has 1 heterocycles. The average molecular weight is 247 g/mol. The number of aliphatic hydroxyl groups is 3. The van der Waals surface area contributed by atoms with Gasteiger partial charge in [-0.25, -0.2) is 28.1 Å². The molecule has 1 aromatic rings. The molecular weight excluding hydrogens is 234 g/mol. The van der Waals surface area contributed by atoms with Gasteiger partial charge < -0.3 is 15.3 Å². The monoisotopic (exact) mass is 247 g/mol. The predicted molar refractivity (Wildman–Crippen MR) is 55.3 cm³/mol. The molecule has 0 aliphatic heterocycles. The van der Waals surface area contributed by atoms with Crippen LogP contribution in [0, 0.1) is 0 Å². The number of hydrogen-bond donors (Lipinski definition) is 3. The van der Waals surface area contributed by atoms with Crippen molar-refractivity contribution in [3.8, 4) is 0 Å². The van der Waals surface area contributed by atoms with Crippen molar-refractivity contribution < 1.29 is 15.3 Å². The van der Waals surface area contributed by atoms with Crippen LogP contribution in [0.25, 0.3) is 0 Å². The standard InChI is InChI=1S/C8H13N3O6/c1-5(14)2-9-6(15)10(3-12)8(17)11(4-13)7(9)16/h5,12-14H,2-4H2,1H3. The van der Waals surface area contributed by atoms with Gasteiger partial charge in [0.05, 0.1) is 12.6 Å². The lowest BCUT2D eigenvalue weighted by Gasteiger charge is -2.11. The van der Waals surface area contributed by atoms with Crippen LogP contribution in [-0.4, -0.2) is 35.1 Å². The van der Waals surface area contributed by atoms with Crippen LogP contribution in [0.1, 0.15) is 6.92 Å². The van der Waals surface area contributed by atoms with Gasteiger partial charge in [0.1, 0.15) is 13.5 Å². The van der Waals surface area contributed by atoms with Crippen molar-refractivity contribution >= 4 is 0 Å². The molecule has 3 N–H and O–H groups in total. The highest BCUT2D eigenvalue weighted by atomic mass is 16.3. The Balaban J connectivity index is 3.67. The molecule has 9 nitrogen and oxygen atoms in total. The predicted octanol–water partition coefficient (Wildman–Crippen LogP) is -3.55. The molecule has 0 aliphatic rings. The second-order valence-electron chi connectivity index (χ2n) is 3.45. The first-order valence-corrected chi connectivity index (χ1v) is 4.78. The molecule has 1 atom stereocenters. The Bertz CT molecular complexity index is 524. The molecule has 9 heteroatoms. The molecule has 0 bridgehead atoms. The second kappa shape index (κ2) is 5.08. The molecule has 96 valence electrons. The van der Waals surface area contributed by atoms with E-state index < -0.39 is 36.6 Å². The maximum Gasteiger partial charge on any atom is 0.340 e. The highest BCUT2D eigenvalue weighted by molar-refractivity contribution is 4.78. The van der Waals surface area contributed by atoms with Crippen molar-refractivity contribution in [2.45, 2.75) is 33.0 Å². The van der Waals surface area contributed by atoms with Gasteiger partial charge in [0.25, 0.3) is 0 Å². The lowest BCUT2D eigenvalue weighted by molar-refractivity contribution is 0.142. The van der Waals surface area contributed by atoms with Gasteiger partial charge in [-0.1, -0.05) is 0 Å². The Hall–Kier alpha value is -1.71. The fourth-order valence-electron chi connectivity index (χ4n) is 1.34. The average Bonchev–Trinajstić information content (AvgIpc) is 2.25. The lowest BCUT2D eigenvalue weighted by Crippen LogP contribution is -2.55. The zero-order valence-electron chi connectivity index (χ0n) is 9.11. The molecule has 0 aliphatic carbocycles. The van der Waals surface area contributed by atoms with Crippen molar-refractivity contribution in [3.63, 3.8) is 0 Å². The summed E-state index contributed by atoms with van der Waals surface area (Å²) in [6.07, 6.45) is -0.989. The van der Waals surface area contributed by atoms with E-state index in [-0.39, 0.29) is 6.54 Å². The van der Waals surface area contributed by atoms with Gasteiger partial charge in [-0.3, -0.25) is 0 Å². The SMILES string of the molecule is CC(O)Cn1c(=O)n(CO)c(=O)n(CO)c1=O. The topological polar surface area (TPSA) is 127 Å². The normalized spacial score (nSPS) is 12.7. The van der Waals surface area contributed by atoms with E-state index in [1.165, 1.54) is 6.92 Å². The largest absolute Gasteiger partial charge is 0.392 e. The Labute approximate surface area is 94.4 Å². The van der Waals surface area contributed by atoms with Gasteiger partial charge >= 0.3 is 17.1 Å². The summed E-state index contributed by atoms with van der Waals surface area (Å²) in [5.74, 6) is 0. The minimum absolute atomic E-state index is 0.335. The van der Waals surface area contributed by atoms with Gasteiger partial charge in [-0.05, 0) is 6.92 Å². The first kappa shape index (κ1) is 13.4. The number of nitrogens with zero attached hydrogens (tertiary/aromatic N) is 3. The minimum Gasteiger partial charge on any atom is -0.392 e. The van der Waals surface area contributed by atoms with E-state index in [2.05, 4.69) is 0 Å². The number of hydrogen-bond acceptors (Lipinski definition) is 6. The highest BCUT2D eigenvalue weighted by Crippen LogP contribution is 1.82. The molecule has 0 fully saturated rings. The van der Waals surface area contributed by atoms with E-state index in [0.717, 1.165) is 0 Å². The summed E-state index contributed by atoms with van der Waals surface area (Å²) in [5.41, 5.74) is -3.17. The van der Waals surface area contributed by atoms with E-state index in [4.69, 9.17) is 15.3 Å². The molecule has 0 amide bonds. The molecule has 17 heavy (non-hydrogen) atoms. The van der Waals surface area contributed by atoms with E-state index in [0.29, 0.717) is 13.7 Å². The first-order chi connectivity index (χ1) is 7.93. The fraction of sp³-hybridized carbons (Fsp3) is 0.625. The third kappa shape index (κ3) is 2.35. The van der Waals surface area contributed by atoms with Crippen LogP contribution in [0.2, 0.25) is 0 Å². The summed E-state index contributed by atoms with van der Waals surface area (Å²) in [5, 5.41) is 26.8. The molecule has 0 spiro atoms. The molecule has 1 rings (SSSR count). The van der Waals surface area contributed by atoms with Crippen LogP contribution < -0.4 is 17.1 Å². The summed E-state index contributed by atoms with van der Waals surface area (Å²) in [7, 11) is 0. The van der Waals surface area contributed by atoms with Gasteiger partial charge in [-0.2, -0.15) is 0 Å². The van der Waals surface area contributed by atoms with E-state index in [1.54, 1.807) is 0 Å². The van der Waals surface area contributed by atoms with Crippen LogP contribution in [0.4, 0.5) is 0 Å². The molecule has 0 saturated carbocycles. The Morgan fingerprint density at radius 1 is 0.941 bits per heavy atom. The van der Waals surface area contributed by atoms with Crippen LogP contribution in [-0.2, 0) is 20.0 Å². The van der Waals surface area contributed by atoms with Gasteiger partial charge in [0, 0.05) is 0 Å². The summed E-state index contributed by atoms with van der Waals surface area (Å²) < 4.78 is 1.32. The van der Waals surface area contributed by atoms with Gasteiger partial charge in [-0.15, -0.1) is 0 Å².